The van der Waals surface area contributed by atoms with Crippen LogP contribution >= 0.6 is 23.2 Å². The molecule has 0 aliphatic carbocycles. The van der Waals surface area contributed by atoms with E-state index >= 15 is 0 Å². The van der Waals surface area contributed by atoms with E-state index in [2.05, 4.69) is 9.97 Å². The van der Waals surface area contributed by atoms with Gasteiger partial charge in [0.1, 0.15) is 11.3 Å². The molecule has 0 aliphatic rings. The molecule has 0 N–H and O–H groups in total. The number of halogens is 3. The zero-order chi connectivity index (χ0) is 15.0. The molecule has 0 fully saturated rings. The van der Waals surface area contributed by atoms with Gasteiger partial charge in [-0.25, -0.2) is 14.4 Å². The van der Waals surface area contributed by atoms with Crippen molar-refractivity contribution in [3.8, 4) is 5.69 Å². The first-order chi connectivity index (χ1) is 10.1. The van der Waals surface area contributed by atoms with Gasteiger partial charge in [-0.2, -0.15) is 0 Å². The summed E-state index contributed by atoms with van der Waals surface area (Å²) in [5, 5.41) is 0.0684. The van der Waals surface area contributed by atoms with Crippen molar-refractivity contribution in [2.45, 2.75) is 13.3 Å². The molecule has 0 radical (unpaired) electrons. The van der Waals surface area contributed by atoms with Gasteiger partial charge in [0.2, 0.25) is 0 Å². The summed E-state index contributed by atoms with van der Waals surface area (Å²) in [6.07, 6.45) is 0.517. The predicted molar refractivity (Wildman–Crippen MR) is 83.0 cm³/mol. The lowest BCUT2D eigenvalue weighted by Crippen LogP contribution is -2.05. The van der Waals surface area contributed by atoms with Gasteiger partial charge in [-0.15, -0.1) is 11.6 Å². The minimum Gasteiger partial charge on any atom is -0.278 e. The van der Waals surface area contributed by atoms with Gasteiger partial charge in [-0.05, 0) is 31.2 Å². The van der Waals surface area contributed by atoms with Crippen LogP contribution in [0.1, 0.15) is 11.5 Å². The number of imidazole rings is 1. The third-order valence-corrected chi connectivity index (χ3v) is 3.68. The van der Waals surface area contributed by atoms with E-state index in [1.807, 2.05) is 19.1 Å². The fraction of sp³-hybridized carbons (Fsp3) is 0.200. The summed E-state index contributed by atoms with van der Waals surface area (Å²) in [7, 11) is 0. The third-order valence-electron chi connectivity index (χ3n) is 3.20. The molecule has 3 nitrogen and oxygen atoms in total. The second-order valence-electron chi connectivity index (χ2n) is 4.67. The van der Waals surface area contributed by atoms with E-state index in [1.165, 1.54) is 6.07 Å². The fourth-order valence-electron chi connectivity index (χ4n) is 2.27. The highest BCUT2D eigenvalue weighted by atomic mass is 35.5. The van der Waals surface area contributed by atoms with Crippen LogP contribution in [0, 0.1) is 12.7 Å². The molecule has 0 unspecified atom stereocenters. The summed E-state index contributed by atoms with van der Waals surface area (Å²) in [6.45, 7) is 1.88. The van der Waals surface area contributed by atoms with E-state index in [-0.39, 0.29) is 5.02 Å². The van der Waals surface area contributed by atoms with Gasteiger partial charge in [-0.1, -0.05) is 17.7 Å². The molecule has 0 spiro atoms. The minimum atomic E-state index is -0.488. The minimum absolute atomic E-state index is 0.0684. The number of nitrogens with zero attached hydrogens (tertiary/aromatic N) is 3. The molecular weight excluding hydrogens is 312 g/mol. The van der Waals surface area contributed by atoms with Crippen LogP contribution in [0.5, 0.6) is 0 Å². The Labute approximate surface area is 131 Å². The quantitative estimate of drug-likeness (QED) is 0.673. The molecule has 3 rings (SSSR count). The number of alkyl halides is 1. The summed E-state index contributed by atoms with van der Waals surface area (Å²) in [4.78, 5) is 8.97. The normalized spacial score (nSPS) is 11.2. The molecule has 0 saturated heterocycles. The Balaban J connectivity index is 2.35. The Hall–Kier alpha value is -1.65. The van der Waals surface area contributed by atoms with Gasteiger partial charge >= 0.3 is 0 Å². The first-order valence-electron chi connectivity index (χ1n) is 6.47. The average Bonchev–Trinajstić information content (AvgIpc) is 2.80. The smallest absolute Gasteiger partial charge is 0.165 e. The topological polar surface area (TPSA) is 30.7 Å². The molecular formula is C15H12Cl2FN3. The summed E-state index contributed by atoms with van der Waals surface area (Å²) in [5.74, 6) is 0.571. The molecule has 21 heavy (non-hydrogen) atoms. The van der Waals surface area contributed by atoms with Gasteiger partial charge in [-0.3, -0.25) is 4.57 Å². The van der Waals surface area contributed by atoms with Crippen molar-refractivity contribution >= 4 is 34.4 Å². The second-order valence-corrected chi connectivity index (χ2v) is 5.46. The Bertz CT molecular complexity index is 814. The monoisotopic (exact) mass is 323 g/mol. The van der Waals surface area contributed by atoms with Crippen molar-refractivity contribution in [2.24, 2.45) is 0 Å². The van der Waals surface area contributed by atoms with Crippen molar-refractivity contribution in [1.29, 1.82) is 0 Å². The Morgan fingerprint density at radius 2 is 2.00 bits per heavy atom. The van der Waals surface area contributed by atoms with Crippen LogP contribution in [0.25, 0.3) is 16.9 Å². The van der Waals surface area contributed by atoms with Crippen LogP contribution in [-0.2, 0) is 6.42 Å². The highest BCUT2D eigenvalue weighted by Gasteiger charge is 2.17. The number of rotatable bonds is 3. The molecule has 3 aromatic rings. The highest BCUT2D eigenvalue weighted by Crippen LogP contribution is 2.26. The van der Waals surface area contributed by atoms with Crippen LogP contribution < -0.4 is 0 Å². The van der Waals surface area contributed by atoms with Crippen molar-refractivity contribution < 1.29 is 4.39 Å². The maximum absolute atomic E-state index is 14.4. The second kappa shape index (κ2) is 5.62. The number of benzene rings is 1. The van der Waals surface area contributed by atoms with Crippen LogP contribution in [0.15, 0.2) is 30.3 Å². The molecule has 0 aliphatic heterocycles. The number of aromatic nitrogens is 3. The molecule has 2 aromatic heterocycles. The Morgan fingerprint density at radius 3 is 2.76 bits per heavy atom. The van der Waals surface area contributed by atoms with E-state index in [4.69, 9.17) is 23.2 Å². The molecule has 108 valence electrons. The first-order valence-corrected chi connectivity index (χ1v) is 7.38. The number of hydrogen-bond donors (Lipinski definition) is 0. The van der Waals surface area contributed by atoms with Gasteiger partial charge in [0.15, 0.2) is 11.5 Å². The lowest BCUT2D eigenvalue weighted by molar-refractivity contribution is 0.617. The predicted octanol–water partition coefficient (Wildman–Crippen LogP) is 4.30. The number of pyridine rings is 1. The molecule has 1 aromatic carbocycles. The van der Waals surface area contributed by atoms with Crippen molar-refractivity contribution in [3.05, 3.63) is 52.7 Å². The van der Waals surface area contributed by atoms with E-state index in [1.54, 1.807) is 16.7 Å². The third kappa shape index (κ3) is 2.49. The number of hydrogen-bond acceptors (Lipinski definition) is 2. The standard InChI is InChI=1S/C15H12Cl2FN3/c1-9-5-6-11-15(19-9)21(13(20-11)7-8-16)12-4-2-3-10(17)14(12)18/h2-6H,7-8H2,1H3. The Kier molecular flexibility index (Phi) is 3.83. The van der Waals surface area contributed by atoms with E-state index < -0.39 is 5.82 Å². The molecule has 0 atom stereocenters. The lowest BCUT2D eigenvalue weighted by Gasteiger charge is -2.10. The van der Waals surface area contributed by atoms with Crippen molar-refractivity contribution in [1.82, 2.24) is 14.5 Å². The van der Waals surface area contributed by atoms with Gasteiger partial charge in [0.25, 0.3) is 0 Å². The van der Waals surface area contributed by atoms with E-state index in [0.717, 1.165) is 5.69 Å². The first kappa shape index (κ1) is 14.3. The molecule has 2 heterocycles. The van der Waals surface area contributed by atoms with Crippen LogP contribution in [0.3, 0.4) is 0 Å². The van der Waals surface area contributed by atoms with Crippen molar-refractivity contribution in [2.75, 3.05) is 5.88 Å². The molecule has 0 bridgehead atoms. The van der Waals surface area contributed by atoms with E-state index in [9.17, 15) is 4.39 Å². The number of fused-ring (bicyclic) bond motifs is 1. The van der Waals surface area contributed by atoms with Gasteiger partial charge < -0.3 is 0 Å². The molecule has 0 amide bonds. The van der Waals surface area contributed by atoms with Gasteiger partial charge in [0.05, 0.1) is 10.7 Å². The lowest BCUT2D eigenvalue weighted by atomic mass is 10.3. The fourth-order valence-corrected chi connectivity index (χ4v) is 2.61. The van der Waals surface area contributed by atoms with Crippen LogP contribution in [-0.4, -0.2) is 20.4 Å². The molecule has 6 heteroatoms. The highest BCUT2D eigenvalue weighted by molar-refractivity contribution is 6.30. The summed E-state index contributed by atoms with van der Waals surface area (Å²) < 4.78 is 16.1. The van der Waals surface area contributed by atoms with Gasteiger partial charge in [0, 0.05) is 18.0 Å². The van der Waals surface area contributed by atoms with E-state index in [0.29, 0.717) is 35.0 Å². The Morgan fingerprint density at radius 1 is 1.19 bits per heavy atom. The zero-order valence-electron chi connectivity index (χ0n) is 11.3. The maximum Gasteiger partial charge on any atom is 0.165 e. The number of aryl methyl sites for hydroxylation is 2. The zero-order valence-corrected chi connectivity index (χ0v) is 12.8. The summed E-state index contributed by atoms with van der Waals surface area (Å²) in [5.41, 5.74) is 2.49. The summed E-state index contributed by atoms with van der Waals surface area (Å²) >= 11 is 11.7. The van der Waals surface area contributed by atoms with Crippen LogP contribution in [0.4, 0.5) is 4.39 Å². The van der Waals surface area contributed by atoms with Crippen molar-refractivity contribution in [3.63, 3.8) is 0 Å². The SMILES string of the molecule is Cc1ccc2nc(CCCl)n(-c3cccc(Cl)c3F)c2n1. The molecule has 0 saturated carbocycles. The maximum atomic E-state index is 14.4. The summed E-state index contributed by atoms with van der Waals surface area (Å²) in [6, 6.07) is 8.61. The average molecular weight is 324 g/mol. The largest absolute Gasteiger partial charge is 0.278 e. The van der Waals surface area contributed by atoms with Crippen LogP contribution in [0.2, 0.25) is 5.02 Å².